The van der Waals surface area contributed by atoms with E-state index in [4.69, 9.17) is 0 Å². The number of aromatic nitrogens is 2. The van der Waals surface area contributed by atoms with Gasteiger partial charge in [-0.3, -0.25) is 14.6 Å². The lowest BCUT2D eigenvalue weighted by molar-refractivity contribution is 0.103. The van der Waals surface area contributed by atoms with Crippen LogP contribution in [0.1, 0.15) is 20.9 Å². The molecule has 0 atom stereocenters. The highest BCUT2D eigenvalue weighted by atomic mass is 32.1. The van der Waals surface area contributed by atoms with Gasteiger partial charge in [-0.05, 0) is 66.8 Å². The topological polar surface area (TPSA) is 64.0 Å². The fraction of sp³-hybridized carbons (Fsp3) is 0.115. The van der Waals surface area contributed by atoms with Crippen LogP contribution in [0.5, 0.6) is 0 Å². The van der Waals surface area contributed by atoms with E-state index < -0.39 is 0 Å². The first-order chi connectivity index (χ1) is 15.4. The van der Waals surface area contributed by atoms with Crippen LogP contribution in [-0.4, -0.2) is 15.5 Å². The predicted molar refractivity (Wildman–Crippen MR) is 132 cm³/mol. The van der Waals surface area contributed by atoms with Gasteiger partial charge in [-0.1, -0.05) is 24.3 Å². The van der Waals surface area contributed by atoms with Crippen LogP contribution in [0.4, 0.5) is 5.69 Å². The molecule has 0 spiro atoms. The summed E-state index contributed by atoms with van der Waals surface area (Å²) < 4.78 is 2.73. The summed E-state index contributed by atoms with van der Waals surface area (Å²) in [6, 6.07) is 19.3. The largest absolute Gasteiger partial charge is 0.321 e. The van der Waals surface area contributed by atoms with Crippen LogP contribution in [0.2, 0.25) is 0 Å². The second-order valence-corrected chi connectivity index (χ2v) is 9.02. The molecule has 0 aliphatic heterocycles. The van der Waals surface area contributed by atoms with Crippen LogP contribution >= 0.6 is 11.3 Å². The number of amides is 1. The van der Waals surface area contributed by atoms with Crippen molar-refractivity contribution in [2.75, 3.05) is 5.32 Å². The number of thiophene rings is 1. The summed E-state index contributed by atoms with van der Waals surface area (Å²) in [6.07, 6.45) is 1.79. The third-order valence-electron chi connectivity index (χ3n) is 5.68. The minimum absolute atomic E-state index is 0.0841. The molecule has 0 aliphatic rings. The molecular weight excluding hydrogens is 418 g/mol. The molecule has 32 heavy (non-hydrogen) atoms. The number of hydrogen-bond acceptors (Lipinski definition) is 4. The maximum absolute atomic E-state index is 13.2. The van der Waals surface area contributed by atoms with Crippen molar-refractivity contribution in [2.45, 2.75) is 13.8 Å². The third kappa shape index (κ3) is 3.48. The van der Waals surface area contributed by atoms with E-state index >= 15 is 0 Å². The monoisotopic (exact) mass is 439 g/mol. The first-order valence-corrected chi connectivity index (χ1v) is 11.1. The minimum Gasteiger partial charge on any atom is -0.321 e. The Balaban J connectivity index is 1.54. The lowest BCUT2D eigenvalue weighted by Gasteiger charge is -2.13. The number of pyridine rings is 2. The van der Waals surface area contributed by atoms with Crippen molar-refractivity contribution < 1.29 is 4.79 Å². The maximum Gasteiger partial charge on any atom is 0.265 e. The second kappa shape index (κ2) is 7.73. The molecular formula is C26H21N3O2S. The van der Waals surface area contributed by atoms with E-state index in [0.29, 0.717) is 16.1 Å². The van der Waals surface area contributed by atoms with Gasteiger partial charge in [0.15, 0.2) is 0 Å². The molecule has 2 aromatic carbocycles. The number of rotatable bonds is 3. The number of carbonyl (C=O) groups is 1. The fourth-order valence-corrected chi connectivity index (χ4v) is 4.89. The van der Waals surface area contributed by atoms with E-state index in [-0.39, 0.29) is 11.5 Å². The highest BCUT2D eigenvalue weighted by Crippen LogP contribution is 2.29. The second-order valence-electron chi connectivity index (χ2n) is 7.94. The molecule has 0 saturated heterocycles. The zero-order valence-corrected chi connectivity index (χ0v) is 18.8. The number of anilines is 1. The SMILES string of the molecule is Cc1cc2c(cn1)cc(-c1cc(NC(=O)c3cc4ccccc4s3)ccc1C)c(=O)n2C. The molecule has 0 radical (unpaired) electrons. The van der Waals surface area contributed by atoms with Gasteiger partial charge >= 0.3 is 0 Å². The quantitative estimate of drug-likeness (QED) is 0.393. The number of hydrogen-bond donors (Lipinski definition) is 1. The van der Waals surface area contributed by atoms with Crippen molar-refractivity contribution >= 4 is 43.9 Å². The highest BCUT2D eigenvalue weighted by molar-refractivity contribution is 7.20. The summed E-state index contributed by atoms with van der Waals surface area (Å²) in [4.78, 5) is 31.0. The average Bonchev–Trinajstić information content (AvgIpc) is 3.23. The number of aryl methyl sites for hydroxylation is 3. The lowest BCUT2D eigenvalue weighted by Crippen LogP contribution is -2.19. The third-order valence-corrected chi connectivity index (χ3v) is 6.79. The van der Waals surface area contributed by atoms with Crippen molar-refractivity contribution in [1.82, 2.24) is 9.55 Å². The fourth-order valence-electron chi connectivity index (χ4n) is 3.93. The Morgan fingerprint density at radius 1 is 0.969 bits per heavy atom. The lowest BCUT2D eigenvalue weighted by atomic mass is 9.99. The van der Waals surface area contributed by atoms with E-state index in [0.717, 1.165) is 37.8 Å². The molecule has 1 N–H and O–H groups in total. The Morgan fingerprint density at radius 2 is 1.78 bits per heavy atom. The molecule has 5 rings (SSSR count). The Kier molecular flexibility index (Phi) is 4.87. The Bertz CT molecular complexity index is 1550. The van der Waals surface area contributed by atoms with Crippen LogP contribution < -0.4 is 10.9 Å². The van der Waals surface area contributed by atoms with Crippen LogP contribution in [0.15, 0.2) is 71.7 Å². The number of benzene rings is 2. The van der Waals surface area contributed by atoms with E-state index in [1.807, 2.05) is 74.5 Å². The first kappa shape index (κ1) is 20.2. The first-order valence-electron chi connectivity index (χ1n) is 10.3. The summed E-state index contributed by atoms with van der Waals surface area (Å²) in [7, 11) is 1.77. The summed E-state index contributed by atoms with van der Waals surface area (Å²) in [6.45, 7) is 3.87. The van der Waals surface area contributed by atoms with Crippen molar-refractivity contribution in [3.05, 3.63) is 93.3 Å². The van der Waals surface area contributed by atoms with Gasteiger partial charge in [-0.15, -0.1) is 11.3 Å². The molecule has 5 aromatic rings. The molecule has 6 heteroatoms. The van der Waals surface area contributed by atoms with Crippen LogP contribution in [0.3, 0.4) is 0 Å². The van der Waals surface area contributed by atoms with E-state index in [1.54, 1.807) is 17.8 Å². The van der Waals surface area contributed by atoms with Gasteiger partial charge in [0.1, 0.15) is 0 Å². The molecule has 0 unspecified atom stereocenters. The molecule has 0 saturated carbocycles. The zero-order valence-electron chi connectivity index (χ0n) is 18.0. The zero-order chi connectivity index (χ0) is 22.4. The van der Waals surface area contributed by atoms with Gasteiger partial charge < -0.3 is 9.88 Å². The van der Waals surface area contributed by atoms with Gasteiger partial charge in [0, 0.05) is 40.3 Å². The smallest absolute Gasteiger partial charge is 0.265 e. The average molecular weight is 440 g/mol. The predicted octanol–water partition coefficient (Wildman–Crippen LogP) is 5.68. The van der Waals surface area contributed by atoms with Crippen LogP contribution in [-0.2, 0) is 7.05 Å². The molecule has 0 fully saturated rings. The van der Waals surface area contributed by atoms with Crippen molar-refractivity contribution in [1.29, 1.82) is 0 Å². The van der Waals surface area contributed by atoms with Crippen LogP contribution in [0, 0.1) is 13.8 Å². The maximum atomic E-state index is 13.2. The molecule has 3 heterocycles. The van der Waals surface area contributed by atoms with E-state index in [1.165, 1.54) is 11.3 Å². The highest BCUT2D eigenvalue weighted by Gasteiger charge is 2.15. The number of nitrogens with zero attached hydrogens (tertiary/aromatic N) is 2. The van der Waals surface area contributed by atoms with Gasteiger partial charge in [0.25, 0.3) is 11.5 Å². The number of carbonyl (C=O) groups excluding carboxylic acids is 1. The number of nitrogens with one attached hydrogen (secondary N) is 1. The molecule has 3 aromatic heterocycles. The van der Waals surface area contributed by atoms with Crippen molar-refractivity contribution in [2.24, 2.45) is 7.05 Å². The number of fused-ring (bicyclic) bond motifs is 2. The van der Waals surface area contributed by atoms with Gasteiger partial charge in [0.05, 0.1) is 10.4 Å². The normalized spacial score (nSPS) is 11.2. The van der Waals surface area contributed by atoms with Gasteiger partial charge in [0.2, 0.25) is 0 Å². The summed E-state index contributed by atoms with van der Waals surface area (Å²) >= 11 is 1.46. The van der Waals surface area contributed by atoms with E-state index in [9.17, 15) is 9.59 Å². The van der Waals surface area contributed by atoms with Gasteiger partial charge in [-0.2, -0.15) is 0 Å². The van der Waals surface area contributed by atoms with Crippen LogP contribution in [0.25, 0.3) is 32.1 Å². The van der Waals surface area contributed by atoms with Gasteiger partial charge in [-0.25, -0.2) is 0 Å². The molecule has 0 aliphatic carbocycles. The van der Waals surface area contributed by atoms with E-state index in [2.05, 4.69) is 10.3 Å². The van der Waals surface area contributed by atoms with Crippen molar-refractivity contribution in [3.8, 4) is 11.1 Å². The molecule has 158 valence electrons. The standard InChI is InChI=1S/C26H21N3O2S/c1-15-8-9-19(28-25(30)24-12-17-6-4-5-7-23(17)32-24)13-20(15)21-11-18-14-27-16(2)10-22(18)29(3)26(21)31/h4-14H,1-3H3,(H,28,30). The summed E-state index contributed by atoms with van der Waals surface area (Å²) in [5.74, 6) is -0.160. The Hall–Kier alpha value is -3.77. The van der Waals surface area contributed by atoms with Crippen molar-refractivity contribution in [3.63, 3.8) is 0 Å². The Morgan fingerprint density at radius 3 is 2.59 bits per heavy atom. The molecule has 5 nitrogen and oxygen atoms in total. The Labute approximate surface area is 189 Å². The minimum atomic E-state index is -0.160. The molecule has 0 bridgehead atoms. The molecule has 1 amide bonds. The summed E-state index contributed by atoms with van der Waals surface area (Å²) in [5, 5.41) is 4.93. The summed E-state index contributed by atoms with van der Waals surface area (Å²) in [5.41, 5.74) is 4.61.